The Balaban J connectivity index is 2.06. The van der Waals surface area contributed by atoms with Crippen molar-refractivity contribution in [2.24, 2.45) is 5.73 Å². The van der Waals surface area contributed by atoms with Crippen molar-refractivity contribution < 1.29 is 14.4 Å². The molecule has 2 aromatic rings. The highest BCUT2D eigenvalue weighted by Crippen LogP contribution is 2.07. The second kappa shape index (κ2) is 9.70. The number of hydrogen-bond acceptors (Lipinski definition) is 4. The summed E-state index contributed by atoms with van der Waals surface area (Å²) in [7, 11) is 2.91. The minimum Gasteiger partial charge on any atom is -0.343 e. The first-order valence-electron chi connectivity index (χ1n) is 8.46. The summed E-state index contributed by atoms with van der Waals surface area (Å²) in [5, 5.41) is 3.87. The van der Waals surface area contributed by atoms with Gasteiger partial charge in [-0.25, -0.2) is 5.06 Å². The van der Waals surface area contributed by atoms with Gasteiger partial charge in [0.25, 0.3) is 5.91 Å². The van der Waals surface area contributed by atoms with E-state index in [2.05, 4.69) is 5.32 Å². The molecule has 2 rings (SSSR count). The van der Waals surface area contributed by atoms with Crippen LogP contribution in [0.15, 0.2) is 60.7 Å². The molecule has 2 atom stereocenters. The molecule has 138 valence electrons. The maximum atomic E-state index is 12.5. The summed E-state index contributed by atoms with van der Waals surface area (Å²) in [5.41, 5.74) is 7.94. The first kappa shape index (κ1) is 19.6. The van der Waals surface area contributed by atoms with Crippen molar-refractivity contribution in [3.63, 3.8) is 0 Å². The molecule has 0 unspecified atom stereocenters. The second-order valence-electron chi connectivity index (χ2n) is 6.07. The number of likely N-dealkylation sites (N-methyl/N-ethyl adjacent to an activating group) is 1. The lowest BCUT2D eigenvalue weighted by Crippen LogP contribution is -2.53. The number of nitrogens with zero attached hydrogens (tertiary/aromatic N) is 1. The highest BCUT2D eigenvalue weighted by atomic mass is 16.7. The van der Waals surface area contributed by atoms with Gasteiger partial charge in [0, 0.05) is 13.5 Å². The van der Waals surface area contributed by atoms with Crippen LogP contribution in [-0.4, -0.2) is 43.1 Å². The normalized spacial score (nSPS) is 12.9. The molecule has 26 heavy (non-hydrogen) atoms. The Kier molecular flexibility index (Phi) is 7.32. The minimum atomic E-state index is -0.753. The number of amides is 2. The molecule has 0 aliphatic rings. The first-order chi connectivity index (χ1) is 12.5. The lowest BCUT2D eigenvalue weighted by atomic mass is 10.0. The Hall–Kier alpha value is -2.70. The summed E-state index contributed by atoms with van der Waals surface area (Å²) in [5.74, 6) is -0.704. The van der Waals surface area contributed by atoms with Crippen LogP contribution in [0, 0.1) is 0 Å². The fourth-order valence-corrected chi connectivity index (χ4v) is 2.60. The fraction of sp³-hybridized carbons (Fsp3) is 0.300. The summed E-state index contributed by atoms with van der Waals surface area (Å²) >= 11 is 0. The number of nitrogens with one attached hydrogen (secondary N) is 1. The van der Waals surface area contributed by atoms with Crippen LogP contribution in [0.4, 0.5) is 0 Å². The van der Waals surface area contributed by atoms with E-state index in [0.29, 0.717) is 12.8 Å². The van der Waals surface area contributed by atoms with Crippen molar-refractivity contribution in [2.45, 2.75) is 24.9 Å². The number of hydroxylamine groups is 2. The van der Waals surface area contributed by atoms with Crippen molar-refractivity contribution in [2.75, 3.05) is 14.2 Å². The van der Waals surface area contributed by atoms with E-state index in [-0.39, 0.29) is 11.8 Å². The molecule has 0 saturated heterocycles. The third-order valence-electron chi connectivity index (χ3n) is 4.12. The van der Waals surface area contributed by atoms with E-state index in [1.165, 1.54) is 14.2 Å². The second-order valence-corrected chi connectivity index (χ2v) is 6.07. The van der Waals surface area contributed by atoms with Gasteiger partial charge in [0.2, 0.25) is 5.91 Å². The molecular weight excluding hydrogens is 330 g/mol. The molecule has 0 bridgehead atoms. The van der Waals surface area contributed by atoms with E-state index in [4.69, 9.17) is 10.6 Å². The van der Waals surface area contributed by atoms with Crippen molar-refractivity contribution in [3.05, 3.63) is 71.8 Å². The van der Waals surface area contributed by atoms with Gasteiger partial charge in [0.15, 0.2) is 0 Å². The lowest BCUT2D eigenvalue weighted by Gasteiger charge is -2.24. The van der Waals surface area contributed by atoms with Crippen LogP contribution in [0.5, 0.6) is 0 Å². The van der Waals surface area contributed by atoms with E-state index in [9.17, 15) is 9.59 Å². The van der Waals surface area contributed by atoms with Gasteiger partial charge in [-0.2, -0.15) is 0 Å². The van der Waals surface area contributed by atoms with Crippen LogP contribution in [0.3, 0.4) is 0 Å². The Bertz CT molecular complexity index is 707. The number of hydrogen-bond donors (Lipinski definition) is 2. The Labute approximate surface area is 153 Å². The highest BCUT2D eigenvalue weighted by Gasteiger charge is 2.26. The average Bonchev–Trinajstić information content (AvgIpc) is 2.67. The lowest BCUT2D eigenvalue weighted by molar-refractivity contribution is -0.171. The zero-order valence-electron chi connectivity index (χ0n) is 15.1. The topological polar surface area (TPSA) is 84.7 Å². The van der Waals surface area contributed by atoms with Crippen molar-refractivity contribution in [1.29, 1.82) is 0 Å². The quantitative estimate of drug-likeness (QED) is 0.699. The van der Waals surface area contributed by atoms with E-state index >= 15 is 0 Å². The average molecular weight is 355 g/mol. The summed E-state index contributed by atoms with van der Waals surface area (Å²) in [6.07, 6.45) is 0.760. The molecule has 0 heterocycles. The summed E-state index contributed by atoms with van der Waals surface area (Å²) < 4.78 is 0. The summed E-state index contributed by atoms with van der Waals surface area (Å²) in [6, 6.07) is 17.5. The van der Waals surface area contributed by atoms with Crippen molar-refractivity contribution >= 4 is 11.8 Å². The largest absolute Gasteiger partial charge is 0.343 e. The van der Waals surface area contributed by atoms with Gasteiger partial charge in [-0.1, -0.05) is 60.7 Å². The maximum absolute atomic E-state index is 12.5. The van der Waals surface area contributed by atoms with Crippen LogP contribution < -0.4 is 11.1 Å². The van der Waals surface area contributed by atoms with E-state index < -0.39 is 12.1 Å². The van der Waals surface area contributed by atoms with Crippen LogP contribution in [0.2, 0.25) is 0 Å². The Morgan fingerprint density at radius 3 is 2.00 bits per heavy atom. The van der Waals surface area contributed by atoms with Gasteiger partial charge < -0.3 is 11.1 Å². The number of rotatable bonds is 8. The zero-order valence-corrected chi connectivity index (χ0v) is 15.1. The first-order valence-corrected chi connectivity index (χ1v) is 8.46. The van der Waals surface area contributed by atoms with E-state index in [1.54, 1.807) is 0 Å². The summed E-state index contributed by atoms with van der Waals surface area (Å²) in [6.45, 7) is 0. The molecule has 0 radical (unpaired) electrons. The monoisotopic (exact) mass is 355 g/mol. The fourth-order valence-electron chi connectivity index (χ4n) is 2.60. The molecule has 0 saturated carbocycles. The molecule has 6 heteroatoms. The molecule has 2 aromatic carbocycles. The van der Waals surface area contributed by atoms with Gasteiger partial charge in [-0.3, -0.25) is 14.4 Å². The number of benzene rings is 2. The van der Waals surface area contributed by atoms with E-state index in [1.807, 2.05) is 60.7 Å². The molecule has 3 N–H and O–H groups in total. The van der Waals surface area contributed by atoms with Crippen LogP contribution in [0.25, 0.3) is 0 Å². The van der Waals surface area contributed by atoms with E-state index in [0.717, 1.165) is 16.2 Å². The summed E-state index contributed by atoms with van der Waals surface area (Å²) in [4.78, 5) is 30.0. The molecular formula is C20H25N3O3. The molecule has 0 aromatic heterocycles. The maximum Gasteiger partial charge on any atom is 0.268 e. The number of carbonyl (C=O) groups excluding carboxylic acids is 2. The predicted molar refractivity (Wildman–Crippen MR) is 100.0 cm³/mol. The predicted octanol–water partition coefficient (Wildman–Crippen LogP) is 1.30. The van der Waals surface area contributed by atoms with Crippen molar-refractivity contribution in [3.8, 4) is 0 Å². The smallest absolute Gasteiger partial charge is 0.268 e. The minimum absolute atomic E-state index is 0.336. The van der Waals surface area contributed by atoms with Crippen LogP contribution in [-0.2, 0) is 27.3 Å². The Morgan fingerprint density at radius 1 is 1.00 bits per heavy atom. The molecule has 0 spiro atoms. The third kappa shape index (κ3) is 5.68. The highest BCUT2D eigenvalue weighted by molar-refractivity contribution is 5.89. The molecule has 6 nitrogen and oxygen atoms in total. The van der Waals surface area contributed by atoms with Crippen LogP contribution in [0.1, 0.15) is 11.1 Å². The van der Waals surface area contributed by atoms with Crippen molar-refractivity contribution in [1.82, 2.24) is 10.4 Å². The van der Waals surface area contributed by atoms with Gasteiger partial charge in [0.1, 0.15) is 6.04 Å². The molecule has 2 amide bonds. The molecule has 0 aliphatic carbocycles. The van der Waals surface area contributed by atoms with Gasteiger partial charge in [-0.15, -0.1) is 0 Å². The number of nitrogens with two attached hydrogens (primary N) is 1. The molecule has 0 fully saturated rings. The van der Waals surface area contributed by atoms with Crippen LogP contribution >= 0.6 is 0 Å². The SMILES string of the molecule is CON(C)C(=O)[C@H](Cc1ccccc1)NC(=O)[C@@H](N)Cc1ccccc1. The van der Waals surface area contributed by atoms with Gasteiger partial charge >= 0.3 is 0 Å². The molecule has 0 aliphatic heterocycles. The zero-order chi connectivity index (χ0) is 18.9. The number of carbonyl (C=O) groups is 2. The standard InChI is InChI=1S/C20H25N3O3/c1-23(26-2)20(25)18(14-16-11-7-4-8-12-16)22-19(24)17(21)13-15-9-5-3-6-10-15/h3-12,17-18H,13-14,21H2,1-2H3,(H,22,24)/t17-,18-/m0/s1. The Morgan fingerprint density at radius 2 is 1.50 bits per heavy atom. The van der Waals surface area contributed by atoms with Gasteiger partial charge in [-0.05, 0) is 17.5 Å². The van der Waals surface area contributed by atoms with Gasteiger partial charge in [0.05, 0.1) is 13.2 Å². The third-order valence-corrected chi connectivity index (χ3v) is 4.12.